The van der Waals surface area contributed by atoms with E-state index in [1.807, 2.05) is 36.4 Å². The molecule has 0 aliphatic heterocycles. The average molecular weight is 341 g/mol. The second-order valence-corrected chi connectivity index (χ2v) is 6.27. The highest BCUT2D eigenvalue weighted by atomic mass is 35.5. The molecule has 110 valence electrons. The number of carbonyl (C=O) groups excluding carboxylic acids is 1. The lowest BCUT2D eigenvalue weighted by atomic mass is 10.2. The zero-order chi connectivity index (χ0) is 15.2. The van der Waals surface area contributed by atoms with Gasteiger partial charge in [0, 0.05) is 27.2 Å². The number of amides is 1. The third-order valence-corrected chi connectivity index (χ3v) is 4.19. The molecule has 2 aromatic rings. The number of hydrogen-bond donors (Lipinski definition) is 2. The van der Waals surface area contributed by atoms with Crippen LogP contribution in [0, 0.1) is 0 Å². The molecule has 0 spiro atoms. The zero-order valence-corrected chi connectivity index (χ0v) is 13.4. The van der Waals surface area contributed by atoms with E-state index in [2.05, 4.69) is 5.32 Å². The minimum atomic E-state index is -0.337. The van der Waals surface area contributed by atoms with Crippen LogP contribution < -0.4 is 11.1 Å². The fraction of sp³-hybridized carbons (Fsp3) is 0.133. The van der Waals surface area contributed by atoms with E-state index in [9.17, 15) is 4.79 Å². The molecule has 3 N–H and O–H groups in total. The van der Waals surface area contributed by atoms with Gasteiger partial charge >= 0.3 is 0 Å². The summed E-state index contributed by atoms with van der Waals surface area (Å²) in [6.07, 6.45) is 0. The maximum absolute atomic E-state index is 10.9. The van der Waals surface area contributed by atoms with E-state index in [1.54, 1.807) is 6.07 Å². The zero-order valence-electron chi connectivity index (χ0n) is 11.1. The molecule has 0 aliphatic carbocycles. The van der Waals surface area contributed by atoms with Crippen molar-refractivity contribution >= 4 is 46.6 Å². The molecule has 0 aliphatic rings. The molecule has 0 aromatic heterocycles. The molecule has 0 bridgehead atoms. The fourth-order valence-corrected chi connectivity index (χ4v) is 3.14. The summed E-state index contributed by atoms with van der Waals surface area (Å²) in [5.74, 6) is -0.0850. The van der Waals surface area contributed by atoms with E-state index in [1.165, 1.54) is 11.8 Å². The van der Waals surface area contributed by atoms with Gasteiger partial charge in [0.15, 0.2) is 0 Å². The Bertz CT molecular complexity index is 629. The smallest absolute Gasteiger partial charge is 0.227 e. The highest BCUT2D eigenvalue weighted by Crippen LogP contribution is 2.27. The molecule has 0 fully saturated rings. The normalized spacial score (nSPS) is 10.4. The number of rotatable bonds is 6. The van der Waals surface area contributed by atoms with Crippen LogP contribution in [0.5, 0.6) is 0 Å². The molecule has 3 nitrogen and oxygen atoms in total. The first-order valence-electron chi connectivity index (χ1n) is 6.23. The Hall–Kier alpha value is -1.36. The lowest BCUT2D eigenvalue weighted by Crippen LogP contribution is -2.13. The van der Waals surface area contributed by atoms with Gasteiger partial charge in [-0.05, 0) is 35.9 Å². The molecular formula is C15H14Cl2N2OS. The fourth-order valence-electron chi connectivity index (χ4n) is 1.80. The van der Waals surface area contributed by atoms with Gasteiger partial charge in [-0.2, -0.15) is 0 Å². The number of anilines is 1. The molecule has 2 rings (SSSR count). The number of para-hydroxylation sites is 1. The molecule has 0 atom stereocenters. The Morgan fingerprint density at radius 3 is 2.48 bits per heavy atom. The largest absolute Gasteiger partial charge is 0.380 e. The van der Waals surface area contributed by atoms with E-state index in [-0.39, 0.29) is 11.7 Å². The molecule has 0 saturated heterocycles. The maximum atomic E-state index is 10.9. The third-order valence-electron chi connectivity index (χ3n) is 2.66. The van der Waals surface area contributed by atoms with Crippen molar-refractivity contribution in [1.82, 2.24) is 0 Å². The van der Waals surface area contributed by atoms with Gasteiger partial charge in [-0.3, -0.25) is 4.79 Å². The van der Waals surface area contributed by atoms with Crippen molar-refractivity contribution in [2.75, 3.05) is 11.1 Å². The number of nitrogens with one attached hydrogen (secondary N) is 1. The average Bonchev–Trinajstić information content (AvgIpc) is 2.42. The maximum Gasteiger partial charge on any atom is 0.227 e. The number of benzene rings is 2. The van der Waals surface area contributed by atoms with Crippen LogP contribution in [-0.2, 0) is 11.3 Å². The van der Waals surface area contributed by atoms with Crippen LogP contribution in [-0.4, -0.2) is 11.7 Å². The second-order valence-electron chi connectivity index (χ2n) is 4.38. The highest BCUT2D eigenvalue weighted by molar-refractivity contribution is 8.00. The summed E-state index contributed by atoms with van der Waals surface area (Å²) in [5.41, 5.74) is 7.11. The van der Waals surface area contributed by atoms with Crippen LogP contribution in [0.15, 0.2) is 47.4 Å². The predicted molar refractivity (Wildman–Crippen MR) is 90.1 cm³/mol. The molecular weight excluding hydrogens is 327 g/mol. The van der Waals surface area contributed by atoms with Crippen LogP contribution in [0.1, 0.15) is 5.56 Å². The van der Waals surface area contributed by atoms with Gasteiger partial charge in [0.05, 0.1) is 5.75 Å². The minimum Gasteiger partial charge on any atom is -0.380 e. The summed E-state index contributed by atoms with van der Waals surface area (Å²) < 4.78 is 0. The number of thioether (sulfide) groups is 1. The van der Waals surface area contributed by atoms with E-state index in [0.717, 1.165) is 16.1 Å². The standard InChI is InChI=1S/C15H14Cl2N2OS/c16-11-5-10(6-12(17)7-11)8-19-13-3-1-2-4-14(13)21-9-15(18)20/h1-7,19H,8-9H2,(H2,18,20). The van der Waals surface area contributed by atoms with Crippen LogP contribution >= 0.6 is 35.0 Å². The summed E-state index contributed by atoms with van der Waals surface area (Å²) >= 11 is 13.4. The van der Waals surface area contributed by atoms with Crippen molar-refractivity contribution < 1.29 is 4.79 Å². The van der Waals surface area contributed by atoms with E-state index in [4.69, 9.17) is 28.9 Å². The summed E-state index contributed by atoms with van der Waals surface area (Å²) in [4.78, 5) is 11.9. The van der Waals surface area contributed by atoms with Gasteiger partial charge in [0.2, 0.25) is 5.91 Å². The number of halogens is 2. The highest BCUT2D eigenvalue weighted by Gasteiger charge is 2.05. The van der Waals surface area contributed by atoms with Gasteiger partial charge in [0.25, 0.3) is 0 Å². The number of primary amides is 1. The Balaban J connectivity index is 2.07. The number of hydrogen-bond acceptors (Lipinski definition) is 3. The van der Waals surface area contributed by atoms with Crippen molar-refractivity contribution in [1.29, 1.82) is 0 Å². The molecule has 6 heteroatoms. The molecule has 21 heavy (non-hydrogen) atoms. The number of nitrogens with two attached hydrogens (primary N) is 1. The minimum absolute atomic E-state index is 0.252. The van der Waals surface area contributed by atoms with Crippen molar-refractivity contribution in [2.45, 2.75) is 11.4 Å². The van der Waals surface area contributed by atoms with E-state index < -0.39 is 0 Å². The number of carbonyl (C=O) groups is 1. The molecule has 0 saturated carbocycles. The Labute approximate surface area is 137 Å². The summed E-state index contributed by atoms with van der Waals surface area (Å²) in [5, 5.41) is 4.53. The summed E-state index contributed by atoms with van der Waals surface area (Å²) in [6.45, 7) is 0.592. The van der Waals surface area contributed by atoms with E-state index in [0.29, 0.717) is 16.6 Å². The predicted octanol–water partition coefficient (Wildman–Crippen LogP) is 4.18. The lowest BCUT2D eigenvalue weighted by molar-refractivity contribution is -0.115. The molecule has 0 unspecified atom stereocenters. The summed E-state index contributed by atoms with van der Waals surface area (Å²) in [7, 11) is 0. The van der Waals surface area contributed by atoms with Crippen molar-refractivity contribution in [2.24, 2.45) is 5.73 Å². The van der Waals surface area contributed by atoms with Crippen molar-refractivity contribution in [3.8, 4) is 0 Å². The van der Waals surface area contributed by atoms with Gasteiger partial charge in [-0.1, -0.05) is 35.3 Å². The first-order chi connectivity index (χ1) is 10.0. The lowest BCUT2D eigenvalue weighted by Gasteiger charge is -2.11. The SMILES string of the molecule is NC(=O)CSc1ccccc1NCc1cc(Cl)cc(Cl)c1. The molecule has 0 radical (unpaired) electrons. The van der Waals surface area contributed by atoms with Gasteiger partial charge in [0.1, 0.15) is 0 Å². The van der Waals surface area contributed by atoms with Crippen molar-refractivity contribution in [3.63, 3.8) is 0 Å². The Kier molecular flexibility index (Phi) is 5.79. The molecule has 2 aromatic carbocycles. The van der Waals surface area contributed by atoms with Crippen LogP contribution in [0.2, 0.25) is 10.0 Å². The Morgan fingerprint density at radius 2 is 1.81 bits per heavy atom. The van der Waals surface area contributed by atoms with Crippen LogP contribution in [0.25, 0.3) is 0 Å². The monoisotopic (exact) mass is 340 g/mol. The summed E-state index contributed by atoms with van der Waals surface area (Å²) in [6, 6.07) is 13.2. The van der Waals surface area contributed by atoms with Crippen molar-refractivity contribution in [3.05, 3.63) is 58.1 Å². The topological polar surface area (TPSA) is 55.1 Å². The van der Waals surface area contributed by atoms with Gasteiger partial charge in [-0.15, -0.1) is 11.8 Å². The van der Waals surface area contributed by atoms with Crippen LogP contribution in [0.3, 0.4) is 0 Å². The van der Waals surface area contributed by atoms with Crippen LogP contribution in [0.4, 0.5) is 5.69 Å². The van der Waals surface area contributed by atoms with Gasteiger partial charge < -0.3 is 11.1 Å². The molecule has 1 amide bonds. The quantitative estimate of drug-likeness (QED) is 0.775. The Morgan fingerprint density at radius 1 is 1.14 bits per heavy atom. The van der Waals surface area contributed by atoms with Gasteiger partial charge in [-0.25, -0.2) is 0 Å². The van der Waals surface area contributed by atoms with E-state index >= 15 is 0 Å². The first kappa shape index (κ1) is 16.0. The third kappa shape index (κ3) is 5.16. The molecule has 0 heterocycles. The first-order valence-corrected chi connectivity index (χ1v) is 7.98. The second kappa shape index (κ2) is 7.59.